The fraction of sp³-hybridized carbons (Fsp3) is 0.600. The smallest absolute Gasteiger partial charge is 0.0816 e. The maximum atomic E-state index is 10.2. The second-order valence-corrected chi connectivity index (χ2v) is 5.02. The molecule has 1 aromatic rings. The summed E-state index contributed by atoms with van der Waals surface area (Å²) in [5, 5.41) is 10.2. The van der Waals surface area contributed by atoms with Crippen LogP contribution in [0.4, 0.5) is 0 Å². The van der Waals surface area contributed by atoms with Gasteiger partial charge in [-0.2, -0.15) is 0 Å². The lowest BCUT2D eigenvalue weighted by Crippen LogP contribution is -2.11. The molecule has 2 atom stereocenters. The van der Waals surface area contributed by atoms with Crippen molar-refractivity contribution in [1.82, 2.24) is 0 Å². The van der Waals surface area contributed by atoms with E-state index in [9.17, 15) is 5.11 Å². The number of ether oxygens (including phenoxy) is 1. The fourth-order valence-electron chi connectivity index (χ4n) is 1.87. The second-order valence-electron chi connectivity index (χ2n) is 5.02. The number of rotatable bonds is 6. The second kappa shape index (κ2) is 6.77. The van der Waals surface area contributed by atoms with Crippen LogP contribution in [0.5, 0.6) is 0 Å². The quantitative estimate of drug-likeness (QED) is 0.819. The molecule has 96 valence electrons. The van der Waals surface area contributed by atoms with Gasteiger partial charge in [0.15, 0.2) is 0 Å². The van der Waals surface area contributed by atoms with Gasteiger partial charge in [0, 0.05) is 13.7 Å². The first-order valence-corrected chi connectivity index (χ1v) is 6.33. The molecule has 0 bridgehead atoms. The molecule has 2 heteroatoms. The lowest BCUT2D eigenvalue weighted by atomic mass is 9.93. The van der Waals surface area contributed by atoms with E-state index in [1.54, 1.807) is 7.11 Å². The minimum atomic E-state index is -0.397. The van der Waals surface area contributed by atoms with Crippen LogP contribution < -0.4 is 0 Å². The van der Waals surface area contributed by atoms with Gasteiger partial charge >= 0.3 is 0 Å². The third kappa shape index (κ3) is 4.14. The molecular formula is C15H24O2. The first-order chi connectivity index (χ1) is 8.06. The van der Waals surface area contributed by atoms with Gasteiger partial charge in [-0.05, 0) is 29.4 Å². The first kappa shape index (κ1) is 14.2. The standard InChI is InChI=1S/C15H24O2/c1-11(2)13-5-7-14(8-6-13)15(16)12(3)9-10-17-4/h5-8,11-12,15-16H,9-10H2,1-4H3. The van der Waals surface area contributed by atoms with Crippen LogP contribution in [0.2, 0.25) is 0 Å². The molecule has 0 heterocycles. The zero-order valence-corrected chi connectivity index (χ0v) is 11.3. The minimum absolute atomic E-state index is 0.222. The summed E-state index contributed by atoms with van der Waals surface area (Å²) < 4.78 is 5.04. The Morgan fingerprint density at radius 3 is 2.06 bits per heavy atom. The Bertz CT molecular complexity index is 316. The molecular weight excluding hydrogens is 212 g/mol. The third-order valence-corrected chi connectivity index (χ3v) is 3.26. The highest BCUT2D eigenvalue weighted by atomic mass is 16.5. The van der Waals surface area contributed by atoms with Crippen LogP contribution >= 0.6 is 0 Å². The fourth-order valence-corrected chi connectivity index (χ4v) is 1.87. The van der Waals surface area contributed by atoms with Crippen molar-refractivity contribution in [2.24, 2.45) is 5.92 Å². The van der Waals surface area contributed by atoms with E-state index in [1.165, 1.54) is 5.56 Å². The summed E-state index contributed by atoms with van der Waals surface area (Å²) in [5.74, 6) is 0.756. The molecule has 0 saturated carbocycles. The van der Waals surface area contributed by atoms with Crippen LogP contribution in [-0.4, -0.2) is 18.8 Å². The van der Waals surface area contributed by atoms with E-state index in [0.717, 1.165) is 12.0 Å². The molecule has 1 aromatic carbocycles. The summed E-state index contributed by atoms with van der Waals surface area (Å²) in [6.07, 6.45) is 0.482. The number of aliphatic hydroxyl groups excluding tert-OH is 1. The summed E-state index contributed by atoms with van der Waals surface area (Å²) in [6, 6.07) is 8.27. The Hall–Kier alpha value is -0.860. The Labute approximate surface area is 105 Å². The van der Waals surface area contributed by atoms with Gasteiger partial charge in [0.1, 0.15) is 0 Å². The lowest BCUT2D eigenvalue weighted by Gasteiger charge is -2.19. The van der Waals surface area contributed by atoms with Crippen molar-refractivity contribution in [3.8, 4) is 0 Å². The minimum Gasteiger partial charge on any atom is -0.388 e. The third-order valence-electron chi connectivity index (χ3n) is 3.26. The Morgan fingerprint density at radius 1 is 1.06 bits per heavy atom. The largest absolute Gasteiger partial charge is 0.388 e. The van der Waals surface area contributed by atoms with Gasteiger partial charge < -0.3 is 9.84 Å². The molecule has 0 spiro atoms. The van der Waals surface area contributed by atoms with Crippen molar-refractivity contribution >= 4 is 0 Å². The van der Waals surface area contributed by atoms with E-state index in [0.29, 0.717) is 12.5 Å². The van der Waals surface area contributed by atoms with Crippen LogP contribution in [-0.2, 0) is 4.74 Å². The molecule has 0 saturated heterocycles. The van der Waals surface area contributed by atoms with Crippen LogP contribution in [0.15, 0.2) is 24.3 Å². The molecule has 17 heavy (non-hydrogen) atoms. The van der Waals surface area contributed by atoms with E-state index < -0.39 is 6.10 Å². The number of aliphatic hydroxyl groups is 1. The van der Waals surface area contributed by atoms with E-state index in [4.69, 9.17) is 4.74 Å². The van der Waals surface area contributed by atoms with Gasteiger partial charge in [0.25, 0.3) is 0 Å². The van der Waals surface area contributed by atoms with Gasteiger partial charge in [0.05, 0.1) is 6.10 Å². The zero-order valence-electron chi connectivity index (χ0n) is 11.3. The van der Waals surface area contributed by atoms with Gasteiger partial charge in [-0.15, -0.1) is 0 Å². The van der Waals surface area contributed by atoms with Gasteiger partial charge in [-0.1, -0.05) is 45.0 Å². The summed E-state index contributed by atoms with van der Waals surface area (Å²) in [5.41, 5.74) is 2.31. The molecule has 0 aromatic heterocycles. The monoisotopic (exact) mass is 236 g/mol. The summed E-state index contributed by atoms with van der Waals surface area (Å²) in [4.78, 5) is 0. The number of benzene rings is 1. The van der Waals surface area contributed by atoms with E-state index in [1.807, 2.05) is 12.1 Å². The maximum Gasteiger partial charge on any atom is 0.0816 e. The molecule has 2 nitrogen and oxygen atoms in total. The molecule has 0 aliphatic rings. The summed E-state index contributed by atoms with van der Waals surface area (Å²) in [7, 11) is 1.69. The lowest BCUT2D eigenvalue weighted by molar-refractivity contribution is 0.0886. The average molecular weight is 236 g/mol. The Balaban J connectivity index is 2.65. The average Bonchev–Trinajstić information content (AvgIpc) is 2.35. The number of hydrogen-bond acceptors (Lipinski definition) is 2. The highest BCUT2D eigenvalue weighted by molar-refractivity contribution is 5.26. The van der Waals surface area contributed by atoms with Crippen molar-refractivity contribution < 1.29 is 9.84 Å². The molecule has 2 unspecified atom stereocenters. The SMILES string of the molecule is COCCC(C)C(O)c1ccc(C(C)C)cc1. The molecule has 1 rings (SSSR count). The predicted octanol–water partition coefficient (Wildman–Crippen LogP) is 3.52. The van der Waals surface area contributed by atoms with Gasteiger partial charge in [-0.3, -0.25) is 0 Å². The van der Waals surface area contributed by atoms with Crippen molar-refractivity contribution in [2.45, 2.75) is 39.2 Å². The number of hydrogen-bond donors (Lipinski definition) is 1. The van der Waals surface area contributed by atoms with Crippen LogP contribution in [0, 0.1) is 5.92 Å². The highest BCUT2D eigenvalue weighted by Gasteiger charge is 2.16. The van der Waals surface area contributed by atoms with Crippen LogP contribution in [0.1, 0.15) is 50.3 Å². The Kier molecular flexibility index (Phi) is 5.66. The molecule has 0 amide bonds. The molecule has 0 radical (unpaired) electrons. The molecule has 1 N–H and O–H groups in total. The van der Waals surface area contributed by atoms with E-state index >= 15 is 0 Å². The molecule has 0 aliphatic heterocycles. The van der Waals surface area contributed by atoms with Crippen LogP contribution in [0.25, 0.3) is 0 Å². The van der Waals surface area contributed by atoms with E-state index in [2.05, 4.69) is 32.9 Å². The summed E-state index contributed by atoms with van der Waals surface area (Å²) >= 11 is 0. The predicted molar refractivity (Wildman–Crippen MR) is 71.1 cm³/mol. The van der Waals surface area contributed by atoms with E-state index in [-0.39, 0.29) is 5.92 Å². The Morgan fingerprint density at radius 2 is 1.59 bits per heavy atom. The van der Waals surface area contributed by atoms with Crippen molar-refractivity contribution in [3.63, 3.8) is 0 Å². The zero-order chi connectivity index (χ0) is 12.8. The van der Waals surface area contributed by atoms with Crippen molar-refractivity contribution in [1.29, 1.82) is 0 Å². The van der Waals surface area contributed by atoms with Crippen molar-refractivity contribution in [2.75, 3.05) is 13.7 Å². The van der Waals surface area contributed by atoms with Crippen molar-refractivity contribution in [3.05, 3.63) is 35.4 Å². The highest BCUT2D eigenvalue weighted by Crippen LogP contribution is 2.25. The van der Waals surface area contributed by atoms with Gasteiger partial charge in [-0.25, -0.2) is 0 Å². The molecule has 0 aliphatic carbocycles. The normalized spacial score (nSPS) is 14.9. The van der Waals surface area contributed by atoms with Gasteiger partial charge in [0.2, 0.25) is 0 Å². The maximum absolute atomic E-state index is 10.2. The summed E-state index contributed by atoms with van der Waals surface area (Å²) in [6.45, 7) is 7.10. The first-order valence-electron chi connectivity index (χ1n) is 6.33. The number of methoxy groups -OCH3 is 1. The topological polar surface area (TPSA) is 29.5 Å². The molecule has 0 fully saturated rings. The van der Waals surface area contributed by atoms with Crippen LogP contribution in [0.3, 0.4) is 0 Å².